The predicted octanol–water partition coefficient (Wildman–Crippen LogP) is 8.36. The van der Waals surface area contributed by atoms with Crippen LogP contribution in [0.5, 0.6) is 0 Å². The van der Waals surface area contributed by atoms with Crippen LogP contribution in [0, 0.1) is 19.1 Å². The minimum absolute atomic E-state index is 0. The van der Waals surface area contributed by atoms with Crippen LogP contribution in [0.3, 0.4) is 0 Å². The molecule has 3 aromatic carbocycles. The van der Waals surface area contributed by atoms with Crippen molar-refractivity contribution >= 4 is 22.1 Å². The van der Waals surface area contributed by atoms with Crippen molar-refractivity contribution in [1.29, 1.82) is 0 Å². The summed E-state index contributed by atoms with van der Waals surface area (Å²) in [5, 5.41) is 2.03. The zero-order valence-corrected chi connectivity index (χ0v) is 23.5. The molecule has 0 fully saturated rings. The first-order chi connectivity index (χ1) is 18.8. The van der Waals surface area contributed by atoms with Gasteiger partial charge in [0, 0.05) is 43.4 Å². The third-order valence-electron chi connectivity index (χ3n) is 6.19. The maximum absolute atomic E-state index is 6.12. The fraction of sp³-hybridized carbons (Fsp3) is 0.0294. The van der Waals surface area contributed by atoms with E-state index in [1.807, 2.05) is 110 Å². The van der Waals surface area contributed by atoms with E-state index in [2.05, 4.69) is 34.2 Å². The molecule has 0 aliphatic heterocycles. The Labute approximate surface area is 240 Å². The topological polar surface area (TPSA) is 51.8 Å². The van der Waals surface area contributed by atoms with Crippen molar-refractivity contribution in [2.45, 2.75) is 6.92 Å². The Morgan fingerprint density at radius 2 is 1.46 bits per heavy atom. The normalized spacial score (nSPS) is 10.5. The molecule has 4 heterocycles. The van der Waals surface area contributed by atoms with Crippen LogP contribution in [0.4, 0.5) is 0 Å². The van der Waals surface area contributed by atoms with Crippen molar-refractivity contribution < 1.29 is 24.5 Å². The van der Waals surface area contributed by atoms with E-state index in [1.54, 1.807) is 6.20 Å². The quantitative estimate of drug-likeness (QED) is 0.176. The maximum Gasteiger partial charge on any atom is 0.216 e. The number of fused-ring (bicyclic) bond motifs is 3. The summed E-state index contributed by atoms with van der Waals surface area (Å²) in [6.07, 6.45) is 3.65. The van der Waals surface area contributed by atoms with Crippen LogP contribution in [0.25, 0.3) is 55.8 Å². The van der Waals surface area contributed by atoms with Crippen LogP contribution < -0.4 is 0 Å². The fourth-order valence-electron chi connectivity index (χ4n) is 4.27. The van der Waals surface area contributed by atoms with E-state index in [1.165, 1.54) is 5.56 Å². The molecule has 0 amide bonds. The molecule has 0 aliphatic carbocycles. The molecule has 0 atom stereocenters. The molecule has 191 valence electrons. The van der Waals surface area contributed by atoms with Crippen LogP contribution >= 0.6 is 0 Å². The minimum atomic E-state index is 0. The smallest absolute Gasteiger partial charge is 0.216 e. The second-order valence-electron chi connectivity index (χ2n) is 8.82. The number of rotatable bonds is 3. The molecular weight excluding hydrogens is 659 g/mol. The fourth-order valence-corrected chi connectivity index (χ4v) is 4.27. The van der Waals surface area contributed by atoms with Gasteiger partial charge in [0.05, 0.1) is 11.3 Å². The standard InChI is InChI=1S/C22H13N2O.C12H10N.Ir/c1-2-7-15(8-3-1)19-13-12-17-16-9-6-10-18(20-11-4-5-14-23-20)21(16)25-22(17)24-19;1-10-7-8-12(13-9-10)11-5-3-2-4-6-11;/h1-9,11-14H;2-5,7-9H,1H3;/q2*-1;. The molecule has 4 nitrogen and oxygen atoms in total. The average molecular weight is 682 g/mol. The molecular formula is C34H23IrN3O-2. The molecule has 7 aromatic rings. The Kier molecular flexibility index (Phi) is 8.02. The van der Waals surface area contributed by atoms with Crippen LogP contribution in [0.15, 0.2) is 126 Å². The summed E-state index contributed by atoms with van der Waals surface area (Å²) in [5.41, 5.74) is 8.28. The summed E-state index contributed by atoms with van der Waals surface area (Å²) in [6.45, 7) is 2.03. The van der Waals surface area contributed by atoms with E-state index in [9.17, 15) is 0 Å². The van der Waals surface area contributed by atoms with Crippen molar-refractivity contribution in [3.63, 3.8) is 0 Å². The molecule has 0 bridgehead atoms. The summed E-state index contributed by atoms with van der Waals surface area (Å²) in [5.74, 6) is 0. The second kappa shape index (κ2) is 12.0. The van der Waals surface area contributed by atoms with Crippen molar-refractivity contribution in [3.05, 3.63) is 139 Å². The molecule has 5 heteroatoms. The molecule has 0 aliphatic rings. The number of pyridine rings is 3. The van der Waals surface area contributed by atoms with Gasteiger partial charge in [-0.2, -0.15) is 0 Å². The molecule has 0 unspecified atom stereocenters. The number of hydrogen-bond acceptors (Lipinski definition) is 4. The first-order valence-corrected chi connectivity index (χ1v) is 12.4. The van der Waals surface area contributed by atoms with E-state index >= 15 is 0 Å². The Morgan fingerprint density at radius 1 is 0.641 bits per heavy atom. The summed E-state index contributed by atoms with van der Waals surface area (Å²) in [7, 11) is 0. The van der Waals surface area contributed by atoms with Crippen LogP contribution in [0.1, 0.15) is 5.56 Å². The summed E-state index contributed by atoms with van der Waals surface area (Å²) in [4.78, 5) is 13.5. The molecule has 4 aromatic heterocycles. The number of hydrogen-bond donors (Lipinski definition) is 0. The first kappa shape index (κ1) is 26.2. The van der Waals surface area contributed by atoms with Crippen molar-refractivity contribution in [1.82, 2.24) is 15.0 Å². The Bertz CT molecular complexity index is 1800. The van der Waals surface area contributed by atoms with Gasteiger partial charge in [-0.05, 0) is 42.1 Å². The van der Waals surface area contributed by atoms with E-state index < -0.39 is 0 Å². The van der Waals surface area contributed by atoms with E-state index in [0.717, 1.165) is 50.1 Å². The molecule has 0 N–H and O–H groups in total. The molecule has 39 heavy (non-hydrogen) atoms. The van der Waals surface area contributed by atoms with Crippen LogP contribution in [0.2, 0.25) is 0 Å². The van der Waals surface area contributed by atoms with Gasteiger partial charge in [0.1, 0.15) is 0 Å². The van der Waals surface area contributed by atoms with Crippen molar-refractivity contribution in [2.75, 3.05) is 0 Å². The van der Waals surface area contributed by atoms with E-state index in [0.29, 0.717) is 5.71 Å². The van der Waals surface area contributed by atoms with Crippen molar-refractivity contribution in [2.24, 2.45) is 0 Å². The third-order valence-corrected chi connectivity index (χ3v) is 6.19. The van der Waals surface area contributed by atoms with Gasteiger partial charge in [0.25, 0.3) is 0 Å². The average Bonchev–Trinajstić information content (AvgIpc) is 3.37. The maximum atomic E-state index is 6.12. The zero-order chi connectivity index (χ0) is 25.7. The Morgan fingerprint density at radius 3 is 2.21 bits per heavy atom. The number of benzene rings is 3. The monoisotopic (exact) mass is 682 g/mol. The van der Waals surface area contributed by atoms with Gasteiger partial charge >= 0.3 is 0 Å². The van der Waals surface area contributed by atoms with Gasteiger partial charge in [0.15, 0.2) is 0 Å². The van der Waals surface area contributed by atoms with Gasteiger partial charge in [-0.1, -0.05) is 65.5 Å². The molecule has 0 spiro atoms. The van der Waals surface area contributed by atoms with Gasteiger partial charge in [-0.3, -0.25) is 0 Å². The Balaban J connectivity index is 0.000000187. The number of furan rings is 1. The van der Waals surface area contributed by atoms with Crippen LogP contribution in [-0.4, -0.2) is 15.0 Å². The zero-order valence-electron chi connectivity index (χ0n) is 21.1. The van der Waals surface area contributed by atoms with Crippen LogP contribution in [-0.2, 0) is 20.1 Å². The summed E-state index contributed by atoms with van der Waals surface area (Å²) < 4.78 is 6.12. The SMILES string of the molecule is Cc1ccc(-c2[c-]cccc2)nc1.[Ir].[c-]1ccc2c(oc3nc(-c4ccccc4)ccc32)c1-c1ccccn1. The molecule has 0 saturated carbocycles. The molecule has 1 radical (unpaired) electrons. The van der Waals surface area contributed by atoms with Crippen molar-refractivity contribution in [3.8, 4) is 33.8 Å². The van der Waals surface area contributed by atoms with E-state index in [4.69, 9.17) is 9.40 Å². The molecule has 7 rings (SSSR count). The number of aromatic nitrogens is 3. The third kappa shape index (κ3) is 5.70. The second-order valence-corrected chi connectivity index (χ2v) is 8.82. The van der Waals surface area contributed by atoms with Gasteiger partial charge in [-0.25, -0.2) is 4.98 Å². The number of aryl methyl sites for hydroxylation is 1. The predicted molar refractivity (Wildman–Crippen MR) is 152 cm³/mol. The largest absolute Gasteiger partial charge is 0.486 e. The molecule has 0 saturated heterocycles. The Hall–Kier alpha value is -4.44. The summed E-state index contributed by atoms with van der Waals surface area (Å²) >= 11 is 0. The van der Waals surface area contributed by atoms with Gasteiger partial charge in [0.2, 0.25) is 5.71 Å². The van der Waals surface area contributed by atoms with Gasteiger partial charge in [-0.15, -0.1) is 54.1 Å². The summed E-state index contributed by atoms with van der Waals surface area (Å²) in [6, 6.07) is 42.3. The number of nitrogens with zero attached hydrogens (tertiary/aromatic N) is 3. The van der Waals surface area contributed by atoms with Gasteiger partial charge < -0.3 is 14.4 Å². The van der Waals surface area contributed by atoms with E-state index in [-0.39, 0.29) is 20.1 Å². The minimum Gasteiger partial charge on any atom is -0.486 e. The first-order valence-electron chi connectivity index (χ1n) is 12.4.